The van der Waals surface area contributed by atoms with Gasteiger partial charge in [-0.1, -0.05) is 39.8 Å². The van der Waals surface area contributed by atoms with Gasteiger partial charge in [0.1, 0.15) is 17.7 Å². The minimum atomic E-state index is -0.373. The maximum atomic E-state index is 11.9. The Balaban J connectivity index is 1.67. The molecule has 2 aromatic heterocycles. The fraction of sp³-hybridized carbons (Fsp3) is 0.105. The molecular formula is C19H14BrN3O3S. The molecule has 4 rings (SSSR count). The van der Waals surface area contributed by atoms with E-state index in [9.17, 15) is 4.79 Å². The molecule has 8 heteroatoms. The number of benzene rings is 2. The molecule has 0 fully saturated rings. The predicted molar refractivity (Wildman–Crippen MR) is 108 cm³/mol. The Labute approximate surface area is 167 Å². The first-order chi connectivity index (χ1) is 13.2. The number of rotatable bonds is 5. The van der Waals surface area contributed by atoms with Crippen molar-refractivity contribution in [1.29, 1.82) is 0 Å². The third kappa shape index (κ3) is 3.63. The normalized spacial score (nSPS) is 11.0. The summed E-state index contributed by atoms with van der Waals surface area (Å²) in [5, 5.41) is 9.84. The van der Waals surface area contributed by atoms with Crippen molar-refractivity contribution in [3.8, 4) is 11.4 Å². The van der Waals surface area contributed by atoms with Gasteiger partial charge in [-0.05, 0) is 35.9 Å². The summed E-state index contributed by atoms with van der Waals surface area (Å²) >= 11 is 4.89. The number of hydrogen-bond acceptors (Lipinski definition) is 6. The summed E-state index contributed by atoms with van der Waals surface area (Å²) < 4.78 is 13.5. The maximum Gasteiger partial charge on any atom is 0.336 e. The molecule has 0 aliphatic carbocycles. The number of hydrogen-bond donors (Lipinski definition) is 0. The molecule has 0 aliphatic heterocycles. The van der Waals surface area contributed by atoms with Crippen LogP contribution in [0.15, 0.2) is 73.7 Å². The van der Waals surface area contributed by atoms with Crippen LogP contribution in [0.2, 0.25) is 0 Å². The number of aromatic nitrogens is 3. The Morgan fingerprint density at radius 3 is 2.93 bits per heavy atom. The lowest BCUT2D eigenvalue weighted by atomic mass is 10.1. The van der Waals surface area contributed by atoms with Crippen LogP contribution in [0, 0.1) is 0 Å². The van der Waals surface area contributed by atoms with Crippen LogP contribution in [0.5, 0.6) is 5.75 Å². The van der Waals surface area contributed by atoms with Crippen molar-refractivity contribution in [2.24, 2.45) is 0 Å². The van der Waals surface area contributed by atoms with E-state index in [0.717, 1.165) is 26.9 Å². The maximum absolute atomic E-state index is 11.9. The van der Waals surface area contributed by atoms with Crippen molar-refractivity contribution in [2.45, 2.75) is 10.9 Å². The van der Waals surface area contributed by atoms with Gasteiger partial charge in [-0.2, -0.15) is 0 Å². The van der Waals surface area contributed by atoms with Crippen molar-refractivity contribution in [2.75, 3.05) is 7.11 Å². The van der Waals surface area contributed by atoms with Gasteiger partial charge >= 0.3 is 5.63 Å². The first-order valence-corrected chi connectivity index (χ1v) is 9.82. The molecule has 0 saturated heterocycles. The zero-order valence-electron chi connectivity index (χ0n) is 14.3. The first-order valence-electron chi connectivity index (χ1n) is 8.04. The van der Waals surface area contributed by atoms with E-state index in [4.69, 9.17) is 9.15 Å². The fourth-order valence-electron chi connectivity index (χ4n) is 2.78. The number of fused-ring (bicyclic) bond motifs is 1. The highest BCUT2D eigenvalue weighted by molar-refractivity contribution is 9.10. The van der Waals surface area contributed by atoms with E-state index in [1.165, 1.54) is 17.8 Å². The monoisotopic (exact) mass is 443 g/mol. The molecule has 0 atom stereocenters. The number of methoxy groups -OCH3 is 1. The van der Waals surface area contributed by atoms with Gasteiger partial charge in [0.05, 0.1) is 12.8 Å². The van der Waals surface area contributed by atoms with Gasteiger partial charge in [-0.25, -0.2) is 4.79 Å². The Bertz CT molecular complexity index is 1170. The van der Waals surface area contributed by atoms with E-state index in [2.05, 4.69) is 26.1 Å². The summed E-state index contributed by atoms with van der Waals surface area (Å²) in [6, 6.07) is 14.8. The number of nitrogens with zero attached hydrogens (tertiary/aromatic N) is 3. The number of thioether (sulfide) groups is 1. The molecule has 0 radical (unpaired) electrons. The Hall–Kier alpha value is -2.58. The highest BCUT2D eigenvalue weighted by Crippen LogP contribution is 2.30. The van der Waals surface area contributed by atoms with Crippen molar-refractivity contribution < 1.29 is 9.15 Å². The molecule has 0 spiro atoms. The highest BCUT2D eigenvalue weighted by atomic mass is 79.9. The Morgan fingerprint density at radius 2 is 2.07 bits per heavy atom. The van der Waals surface area contributed by atoms with Crippen LogP contribution in [0.25, 0.3) is 16.7 Å². The zero-order chi connectivity index (χ0) is 18.8. The number of para-hydroxylation sites is 2. The van der Waals surface area contributed by atoms with E-state index in [-0.39, 0.29) is 5.63 Å². The van der Waals surface area contributed by atoms with Gasteiger partial charge < -0.3 is 9.15 Å². The van der Waals surface area contributed by atoms with Gasteiger partial charge in [-0.3, -0.25) is 4.57 Å². The summed E-state index contributed by atoms with van der Waals surface area (Å²) in [6.07, 6.45) is 1.65. The molecule has 4 aromatic rings. The quantitative estimate of drug-likeness (QED) is 0.335. The summed E-state index contributed by atoms with van der Waals surface area (Å²) in [4.78, 5) is 11.9. The van der Waals surface area contributed by atoms with Crippen molar-refractivity contribution in [1.82, 2.24) is 14.8 Å². The second-order valence-corrected chi connectivity index (χ2v) is 7.53. The molecule has 27 heavy (non-hydrogen) atoms. The van der Waals surface area contributed by atoms with Crippen LogP contribution in [-0.4, -0.2) is 21.9 Å². The lowest BCUT2D eigenvalue weighted by molar-refractivity contribution is 0.412. The summed E-state index contributed by atoms with van der Waals surface area (Å²) in [5.41, 5.74) is 1.92. The third-order valence-corrected chi connectivity index (χ3v) is 5.50. The Kier molecular flexibility index (Phi) is 5.00. The van der Waals surface area contributed by atoms with E-state index in [0.29, 0.717) is 16.5 Å². The molecule has 0 N–H and O–H groups in total. The van der Waals surface area contributed by atoms with E-state index in [1.807, 2.05) is 41.0 Å². The molecule has 6 nitrogen and oxygen atoms in total. The number of ether oxygens (including phenoxy) is 1. The fourth-order valence-corrected chi connectivity index (χ4v) is 4.04. The van der Waals surface area contributed by atoms with Crippen molar-refractivity contribution >= 4 is 38.7 Å². The molecule has 0 unspecified atom stereocenters. The molecule has 0 aliphatic rings. The molecule has 0 saturated carbocycles. The minimum Gasteiger partial charge on any atom is -0.495 e. The molecule has 0 amide bonds. The molecule has 0 bridgehead atoms. The lowest BCUT2D eigenvalue weighted by Gasteiger charge is -2.11. The van der Waals surface area contributed by atoms with Crippen LogP contribution in [0.1, 0.15) is 5.56 Å². The van der Waals surface area contributed by atoms with Crippen molar-refractivity contribution in [3.63, 3.8) is 0 Å². The topological polar surface area (TPSA) is 70.2 Å². The molecular weight excluding hydrogens is 430 g/mol. The van der Waals surface area contributed by atoms with Gasteiger partial charge in [0.2, 0.25) is 0 Å². The molecule has 136 valence electrons. The van der Waals surface area contributed by atoms with Crippen LogP contribution < -0.4 is 10.4 Å². The van der Waals surface area contributed by atoms with Gasteiger partial charge in [0, 0.05) is 21.7 Å². The van der Waals surface area contributed by atoms with E-state index < -0.39 is 0 Å². The van der Waals surface area contributed by atoms with Gasteiger partial charge in [0.15, 0.2) is 5.16 Å². The first kappa shape index (κ1) is 17.8. The largest absolute Gasteiger partial charge is 0.495 e. The zero-order valence-corrected chi connectivity index (χ0v) is 16.7. The molecule has 2 heterocycles. The number of halogens is 1. The Morgan fingerprint density at radius 1 is 1.22 bits per heavy atom. The average molecular weight is 444 g/mol. The van der Waals surface area contributed by atoms with E-state index >= 15 is 0 Å². The summed E-state index contributed by atoms with van der Waals surface area (Å²) in [7, 11) is 1.63. The van der Waals surface area contributed by atoms with Crippen LogP contribution in [0.4, 0.5) is 0 Å². The second-order valence-electron chi connectivity index (χ2n) is 5.68. The van der Waals surface area contributed by atoms with Crippen LogP contribution in [0.3, 0.4) is 0 Å². The summed E-state index contributed by atoms with van der Waals surface area (Å²) in [6.45, 7) is 0. The average Bonchev–Trinajstić information content (AvgIpc) is 3.14. The highest BCUT2D eigenvalue weighted by Gasteiger charge is 2.13. The second kappa shape index (κ2) is 7.58. The third-order valence-electron chi connectivity index (χ3n) is 4.01. The smallest absolute Gasteiger partial charge is 0.336 e. The van der Waals surface area contributed by atoms with Crippen LogP contribution in [-0.2, 0) is 5.75 Å². The van der Waals surface area contributed by atoms with Gasteiger partial charge in [0.25, 0.3) is 0 Å². The standard InChI is InChI=1S/C19H14BrN3O3S/c1-25-16-5-3-2-4-15(16)23-11-21-22-19(23)27-10-12-8-18(24)26-17-9-13(20)6-7-14(12)17/h2-9,11H,10H2,1H3. The van der Waals surface area contributed by atoms with Crippen molar-refractivity contribution in [3.05, 3.63) is 75.3 Å². The van der Waals surface area contributed by atoms with Crippen LogP contribution >= 0.6 is 27.7 Å². The van der Waals surface area contributed by atoms with E-state index in [1.54, 1.807) is 19.5 Å². The SMILES string of the molecule is COc1ccccc1-n1cnnc1SCc1cc(=O)oc2cc(Br)ccc12. The predicted octanol–water partition coefficient (Wildman–Crippen LogP) is 4.44. The minimum absolute atomic E-state index is 0.373. The lowest BCUT2D eigenvalue weighted by Crippen LogP contribution is -2.01. The van der Waals surface area contributed by atoms with Gasteiger partial charge in [-0.15, -0.1) is 10.2 Å². The summed E-state index contributed by atoms with van der Waals surface area (Å²) in [5.74, 6) is 1.28. The molecule has 2 aromatic carbocycles.